The molecule has 0 aliphatic rings. The van der Waals surface area contributed by atoms with Gasteiger partial charge in [-0.05, 0) is 57.4 Å². The van der Waals surface area contributed by atoms with Crippen LogP contribution in [0.4, 0.5) is 0 Å². The molecule has 2 aromatic carbocycles. The SMILES string of the molecule is Cc1cccc(C)c1-n1c(C)cc(/C=N\NC(=O)[C@H](C)SCc2ccccc2)c1C. The van der Waals surface area contributed by atoms with Crippen LogP contribution in [0.5, 0.6) is 0 Å². The smallest absolute Gasteiger partial charge is 0.252 e. The van der Waals surface area contributed by atoms with Crippen molar-refractivity contribution in [1.29, 1.82) is 0 Å². The molecule has 3 rings (SSSR count). The Morgan fingerprint density at radius 1 is 1.07 bits per heavy atom. The Labute approximate surface area is 183 Å². The molecule has 0 unspecified atom stereocenters. The lowest BCUT2D eigenvalue weighted by atomic mass is 10.1. The number of carbonyl (C=O) groups is 1. The monoisotopic (exact) mass is 419 g/mol. The molecule has 0 saturated heterocycles. The van der Waals surface area contributed by atoms with E-state index in [0.717, 1.165) is 22.7 Å². The zero-order valence-electron chi connectivity index (χ0n) is 18.3. The van der Waals surface area contributed by atoms with Crippen LogP contribution in [-0.2, 0) is 10.5 Å². The summed E-state index contributed by atoms with van der Waals surface area (Å²) in [5.74, 6) is 0.714. The number of amides is 1. The number of hydrogen-bond acceptors (Lipinski definition) is 3. The topological polar surface area (TPSA) is 46.4 Å². The molecule has 0 bridgehead atoms. The van der Waals surface area contributed by atoms with Crippen LogP contribution in [0.1, 0.15) is 40.6 Å². The van der Waals surface area contributed by atoms with Crippen molar-refractivity contribution >= 4 is 23.9 Å². The van der Waals surface area contributed by atoms with E-state index >= 15 is 0 Å². The number of carbonyl (C=O) groups excluding carboxylic acids is 1. The Morgan fingerprint density at radius 2 is 1.73 bits per heavy atom. The zero-order chi connectivity index (χ0) is 21.7. The molecule has 1 aromatic heterocycles. The highest BCUT2D eigenvalue weighted by Gasteiger charge is 2.14. The Bertz CT molecular complexity index is 1030. The summed E-state index contributed by atoms with van der Waals surface area (Å²) in [7, 11) is 0. The van der Waals surface area contributed by atoms with Crippen LogP contribution >= 0.6 is 11.8 Å². The van der Waals surface area contributed by atoms with Crippen molar-refractivity contribution in [2.75, 3.05) is 0 Å². The molecule has 3 aromatic rings. The van der Waals surface area contributed by atoms with Gasteiger partial charge in [0.15, 0.2) is 0 Å². The summed E-state index contributed by atoms with van der Waals surface area (Å²) in [5.41, 5.74) is 10.8. The Kier molecular flexibility index (Phi) is 7.16. The number of rotatable bonds is 7. The van der Waals surface area contributed by atoms with Crippen molar-refractivity contribution in [2.24, 2.45) is 5.10 Å². The number of para-hydroxylation sites is 1. The van der Waals surface area contributed by atoms with Crippen molar-refractivity contribution in [3.05, 3.63) is 88.2 Å². The van der Waals surface area contributed by atoms with E-state index in [0.29, 0.717) is 0 Å². The van der Waals surface area contributed by atoms with Gasteiger partial charge in [-0.25, -0.2) is 5.43 Å². The quantitative estimate of drug-likeness (QED) is 0.407. The number of aryl methyl sites for hydroxylation is 3. The van der Waals surface area contributed by atoms with E-state index in [4.69, 9.17) is 0 Å². The minimum absolute atomic E-state index is 0.0873. The fourth-order valence-corrected chi connectivity index (χ4v) is 4.39. The Hall–Kier alpha value is -2.79. The number of aromatic nitrogens is 1. The summed E-state index contributed by atoms with van der Waals surface area (Å²) in [5, 5.41) is 4.04. The van der Waals surface area contributed by atoms with E-state index in [9.17, 15) is 4.79 Å². The molecule has 0 radical (unpaired) electrons. The van der Waals surface area contributed by atoms with Crippen LogP contribution in [0.2, 0.25) is 0 Å². The van der Waals surface area contributed by atoms with Crippen molar-refractivity contribution in [3.8, 4) is 5.69 Å². The van der Waals surface area contributed by atoms with Gasteiger partial charge in [-0.3, -0.25) is 4.79 Å². The van der Waals surface area contributed by atoms with Crippen LogP contribution in [-0.4, -0.2) is 21.9 Å². The van der Waals surface area contributed by atoms with Gasteiger partial charge in [-0.15, -0.1) is 11.8 Å². The second-order valence-electron chi connectivity index (χ2n) is 7.58. The zero-order valence-corrected chi connectivity index (χ0v) is 19.1. The second kappa shape index (κ2) is 9.81. The Morgan fingerprint density at radius 3 is 2.40 bits per heavy atom. The molecule has 1 heterocycles. The lowest BCUT2D eigenvalue weighted by molar-refractivity contribution is -0.120. The Balaban J connectivity index is 1.66. The number of hydrogen-bond donors (Lipinski definition) is 1. The molecule has 5 heteroatoms. The minimum Gasteiger partial charge on any atom is -0.317 e. The first-order valence-corrected chi connectivity index (χ1v) is 11.2. The normalized spacial score (nSPS) is 12.3. The number of benzene rings is 2. The molecular weight excluding hydrogens is 390 g/mol. The van der Waals surface area contributed by atoms with Crippen LogP contribution < -0.4 is 5.43 Å². The fourth-order valence-electron chi connectivity index (χ4n) is 3.55. The molecule has 0 spiro atoms. The first-order valence-electron chi connectivity index (χ1n) is 10.1. The molecule has 1 atom stereocenters. The third-order valence-electron chi connectivity index (χ3n) is 5.22. The maximum absolute atomic E-state index is 12.4. The third-order valence-corrected chi connectivity index (χ3v) is 6.44. The fraction of sp³-hybridized carbons (Fsp3) is 0.280. The number of hydrazone groups is 1. The summed E-state index contributed by atoms with van der Waals surface area (Å²) < 4.78 is 2.26. The summed E-state index contributed by atoms with van der Waals surface area (Å²) in [6, 6.07) is 18.6. The molecule has 1 amide bonds. The molecule has 0 saturated carbocycles. The van der Waals surface area contributed by atoms with Gasteiger partial charge in [-0.1, -0.05) is 48.5 Å². The van der Waals surface area contributed by atoms with Crippen molar-refractivity contribution in [1.82, 2.24) is 9.99 Å². The molecule has 1 N–H and O–H groups in total. The molecular formula is C25H29N3OS. The predicted octanol–water partition coefficient (Wildman–Crippen LogP) is 5.48. The van der Waals surface area contributed by atoms with Gasteiger partial charge in [-0.2, -0.15) is 5.10 Å². The molecule has 30 heavy (non-hydrogen) atoms. The average molecular weight is 420 g/mol. The molecule has 156 valence electrons. The van der Waals surface area contributed by atoms with Gasteiger partial charge in [0.1, 0.15) is 0 Å². The standard InChI is InChI=1S/C25H29N3OS/c1-17-10-9-11-18(2)24(17)28-19(3)14-23(20(28)4)15-26-27-25(29)21(5)30-16-22-12-7-6-8-13-22/h6-15,21H,16H2,1-5H3,(H,27,29)/b26-15-/t21-/m0/s1. The number of nitrogens with zero attached hydrogens (tertiary/aromatic N) is 2. The summed E-state index contributed by atoms with van der Waals surface area (Å²) in [6.45, 7) is 10.3. The van der Waals surface area contributed by atoms with Gasteiger partial charge >= 0.3 is 0 Å². The van der Waals surface area contributed by atoms with E-state index in [-0.39, 0.29) is 11.2 Å². The predicted molar refractivity (Wildman–Crippen MR) is 128 cm³/mol. The van der Waals surface area contributed by atoms with E-state index in [1.54, 1.807) is 18.0 Å². The largest absolute Gasteiger partial charge is 0.317 e. The summed E-state index contributed by atoms with van der Waals surface area (Å²) in [4.78, 5) is 12.4. The van der Waals surface area contributed by atoms with Gasteiger partial charge in [0.25, 0.3) is 5.91 Å². The highest BCUT2D eigenvalue weighted by atomic mass is 32.2. The van der Waals surface area contributed by atoms with Gasteiger partial charge in [0, 0.05) is 22.7 Å². The van der Waals surface area contributed by atoms with Crippen LogP contribution in [0.3, 0.4) is 0 Å². The van der Waals surface area contributed by atoms with Crippen LogP contribution in [0.15, 0.2) is 59.7 Å². The van der Waals surface area contributed by atoms with Crippen LogP contribution in [0, 0.1) is 27.7 Å². The van der Waals surface area contributed by atoms with E-state index < -0.39 is 0 Å². The molecule has 0 aliphatic heterocycles. The van der Waals surface area contributed by atoms with Gasteiger partial charge < -0.3 is 4.57 Å². The molecule has 0 fully saturated rings. The summed E-state index contributed by atoms with van der Waals surface area (Å²) in [6.07, 6.45) is 1.74. The van der Waals surface area contributed by atoms with Crippen molar-refractivity contribution in [2.45, 2.75) is 45.6 Å². The van der Waals surface area contributed by atoms with E-state index in [1.807, 2.05) is 25.1 Å². The van der Waals surface area contributed by atoms with Gasteiger partial charge in [0.05, 0.1) is 17.2 Å². The van der Waals surface area contributed by atoms with Crippen LogP contribution in [0.25, 0.3) is 5.69 Å². The average Bonchev–Trinajstić information content (AvgIpc) is 3.00. The van der Waals surface area contributed by atoms with Crippen molar-refractivity contribution < 1.29 is 4.79 Å². The van der Waals surface area contributed by atoms with Crippen molar-refractivity contribution in [3.63, 3.8) is 0 Å². The number of nitrogens with one attached hydrogen (secondary N) is 1. The maximum atomic E-state index is 12.4. The second-order valence-corrected chi connectivity index (χ2v) is 8.90. The first kappa shape index (κ1) is 21.9. The third kappa shape index (κ3) is 5.03. The minimum atomic E-state index is -0.176. The summed E-state index contributed by atoms with van der Waals surface area (Å²) >= 11 is 1.60. The number of thioether (sulfide) groups is 1. The lowest BCUT2D eigenvalue weighted by Gasteiger charge is -2.15. The maximum Gasteiger partial charge on any atom is 0.252 e. The van der Waals surface area contributed by atoms with E-state index in [2.05, 4.69) is 79.2 Å². The van der Waals surface area contributed by atoms with Gasteiger partial charge in [0.2, 0.25) is 0 Å². The highest BCUT2D eigenvalue weighted by Crippen LogP contribution is 2.25. The highest BCUT2D eigenvalue weighted by molar-refractivity contribution is 7.99. The molecule has 0 aliphatic carbocycles. The lowest BCUT2D eigenvalue weighted by Crippen LogP contribution is -2.27. The first-order chi connectivity index (χ1) is 14.4. The molecule has 4 nitrogen and oxygen atoms in total. The van der Waals surface area contributed by atoms with E-state index in [1.165, 1.54) is 22.4 Å².